The second-order valence-corrected chi connectivity index (χ2v) is 6.36. The smallest absolute Gasteiger partial charge is 0.251 e. The number of benzene rings is 2. The Morgan fingerprint density at radius 2 is 1.77 bits per heavy atom. The highest BCUT2D eigenvalue weighted by atomic mass is 35.5. The first kappa shape index (κ1) is 19.8. The van der Waals surface area contributed by atoms with Crippen LogP contribution >= 0.6 is 11.6 Å². The van der Waals surface area contributed by atoms with E-state index >= 15 is 0 Å². The van der Waals surface area contributed by atoms with Gasteiger partial charge in [0, 0.05) is 30.1 Å². The number of carbonyl (C=O) groups is 2. The number of halogens is 1. The summed E-state index contributed by atoms with van der Waals surface area (Å²) in [5.74, 6) is 0.493. The Morgan fingerprint density at radius 3 is 2.46 bits per heavy atom. The van der Waals surface area contributed by atoms with E-state index < -0.39 is 0 Å². The standard InChI is InChI=1S/C20H23ClN2O3/c1-14-3-8-18(26-2)16(13-14)9-11-22-19(24)10-12-23-20(25)15-4-6-17(21)7-5-15/h3-8,13H,9-12H2,1-2H3,(H,22,24)(H,23,25). The molecule has 2 aromatic rings. The molecule has 0 fully saturated rings. The minimum Gasteiger partial charge on any atom is -0.496 e. The molecule has 0 aliphatic heterocycles. The van der Waals surface area contributed by atoms with Crippen molar-refractivity contribution in [1.82, 2.24) is 10.6 Å². The van der Waals surface area contributed by atoms with Gasteiger partial charge in [-0.25, -0.2) is 0 Å². The number of aryl methyl sites for hydroxylation is 1. The van der Waals surface area contributed by atoms with Crippen LogP contribution in [0.4, 0.5) is 0 Å². The monoisotopic (exact) mass is 374 g/mol. The zero-order chi connectivity index (χ0) is 18.9. The van der Waals surface area contributed by atoms with Crippen LogP contribution in [0.15, 0.2) is 42.5 Å². The lowest BCUT2D eigenvalue weighted by Crippen LogP contribution is -2.31. The van der Waals surface area contributed by atoms with Gasteiger partial charge in [0.05, 0.1) is 7.11 Å². The van der Waals surface area contributed by atoms with Crippen LogP contribution in [-0.4, -0.2) is 32.0 Å². The molecular formula is C20H23ClN2O3. The summed E-state index contributed by atoms with van der Waals surface area (Å²) >= 11 is 5.79. The fourth-order valence-electron chi connectivity index (χ4n) is 2.52. The van der Waals surface area contributed by atoms with Gasteiger partial charge in [0.2, 0.25) is 5.91 Å². The lowest BCUT2D eigenvalue weighted by atomic mass is 10.1. The quantitative estimate of drug-likeness (QED) is 0.746. The molecule has 26 heavy (non-hydrogen) atoms. The molecule has 0 atom stereocenters. The Bertz CT molecular complexity index is 760. The highest BCUT2D eigenvalue weighted by Crippen LogP contribution is 2.19. The number of hydrogen-bond donors (Lipinski definition) is 2. The Labute approximate surface area is 158 Å². The Morgan fingerprint density at radius 1 is 1.04 bits per heavy atom. The topological polar surface area (TPSA) is 67.4 Å². The molecule has 0 spiro atoms. The van der Waals surface area contributed by atoms with Crippen LogP contribution in [0.25, 0.3) is 0 Å². The van der Waals surface area contributed by atoms with Gasteiger partial charge in [0.25, 0.3) is 5.91 Å². The highest BCUT2D eigenvalue weighted by Gasteiger charge is 2.07. The molecule has 0 bridgehead atoms. The van der Waals surface area contributed by atoms with Crippen molar-refractivity contribution in [2.24, 2.45) is 0 Å². The number of carbonyl (C=O) groups excluding carboxylic acids is 2. The van der Waals surface area contributed by atoms with Crippen LogP contribution < -0.4 is 15.4 Å². The van der Waals surface area contributed by atoms with E-state index in [0.717, 1.165) is 16.9 Å². The molecule has 2 amide bonds. The molecule has 0 radical (unpaired) electrons. The molecule has 6 heteroatoms. The molecule has 2 N–H and O–H groups in total. The second kappa shape index (κ2) is 9.82. The second-order valence-electron chi connectivity index (χ2n) is 5.93. The van der Waals surface area contributed by atoms with Crippen molar-refractivity contribution >= 4 is 23.4 Å². The van der Waals surface area contributed by atoms with Crippen molar-refractivity contribution in [3.8, 4) is 5.75 Å². The maximum atomic E-state index is 11.9. The minimum absolute atomic E-state index is 0.104. The molecule has 5 nitrogen and oxygen atoms in total. The Hall–Kier alpha value is -2.53. The van der Waals surface area contributed by atoms with E-state index in [9.17, 15) is 9.59 Å². The average molecular weight is 375 g/mol. The van der Waals surface area contributed by atoms with Crippen molar-refractivity contribution < 1.29 is 14.3 Å². The molecule has 0 aromatic heterocycles. The maximum Gasteiger partial charge on any atom is 0.251 e. The Balaban J connectivity index is 1.70. The lowest BCUT2D eigenvalue weighted by molar-refractivity contribution is -0.120. The third-order valence-corrected chi connectivity index (χ3v) is 4.15. The van der Waals surface area contributed by atoms with Gasteiger partial charge in [-0.3, -0.25) is 9.59 Å². The summed E-state index contributed by atoms with van der Waals surface area (Å²) in [6.07, 6.45) is 0.915. The zero-order valence-electron chi connectivity index (χ0n) is 15.0. The van der Waals surface area contributed by atoms with Crippen molar-refractivity contribution in [2.45, 2.75) is 19.8 Å². The third kappa shape index (κ3) is 6.08. The number of hydrogen-bond acceptors (Lipinski definition) is 3. The summed E-state index contributed by atoms with van der Waals surface area (Å²) in [6.45, 7) is 2.82. The van der Waals surface area contributed by atoms with Gasteiger partial charge in [-0.15, -0.1) is 0 Å². The zero-order valence-corrected chi connectivity index (χ0v) is 15.7. The fourth-order valence-corrected chi connectivity index (χ4v) is 2.65. The van der Waals surface area contributed by atoms with E-state index in [2.05, 4.69) is 16.7 Å². The molecule has 0 aliphatic rings. The molecule has 2 aromatic carbocycles. The minimum atomic E-state index is -0.223. The average Bonchev–Trinajstić information content (AvgIpc) is 2.62. The number of methoxy groups -OCH3 is 1. The number of ether oxygens (including phenoxy) is 1. The number of nitrogens with one attached hydrogen (secondary N) is 2. The van der Waals surface area contributed by atoms with Crippen LogP contribution in [0.1, 0.15) is 27.9 Å². The SMILES string of the molecule is COc1ccc(C)cc1CCNC(=O)CCNC(=O)c1ccc(Cl)cc1. The van der Waals surface area contributed by atoms with Gasteiger partial charge in [0.15, 0.2) is 0 Å². The molecule has 0 saturated carbocycles. The molecule has 0 saturated heterocycles. The van der Waals surface area contributed by atoms with Gasteiger partial charge < -0.3 is 15.4 Å². The first-order valence-corrected chi connectivity index (χ1v) is 8.81. The highest BCUT2D eigenvalue weighted by molar-refractivity contribution is 6.30. The van der Waals surface area contributed by atoms with Gasteiger partial charge in [-0.2, -0.15) is 0 Å². The molecule has 2 rings (SSSR count). The van der Waals surface area contributed by atoms with E-state index in [1.165, 1.54) is 0 Å². The third-order valence-electron chi connectivity index (χ3n) is 3.90. The van der Waals surface area contributed by atoms with Gasteiger partial charge in [0.1, 0.15) is 5.75 Å². The predicted octanol–water partition coefficient (Wildman–Crippen LogP) is 3.14. The van der Waals surface area contributed by atoms with Crippen LogP contribution in [0, 0.1) is 6.92 Å². The Kier molecular flexibility index (Phi) is 7.48. The van der Waals surface area contributed by atoms with E-state index in [4.69, 9.17) is 16.3 Å². The van der Waals surface area contributed by atoms with Gasteiger partial charge in [-0.05, 0) is 49.2 Å². The molecule has 138 valence electrons. The summed E-state index contributed by atoms with van der Waals surface area (Å²) in [5.41, 5.74) is 2.72. The van der Waals surface area contributed by atoms with E-state index in [1.807, 2.05) is 19.1 Å². The maximum absolute atomic E-state index is 11.9. The van der Waals surface area contributed by atoms with Crippen molar-refractivity contribution in [2.75, 3.05) is 20.2 Å². The number of rotatable bonds is 8. The molecular weight excluding hydrogens is 352 g/mol. The largest absolute Gasteiger partial charge is 0.496 e. The summed E-state index contributed by atoms with van der Waals surface area (Å²) in [4.78, 5) is 23.8. The van der Waals surface area contributed by atoms with Gasteiger partial charge >= 0.3 is 0 Å². The first-order chi connectivity index (χ1) is 12.5. The van der Waals surface area contributed by atoms with Crippen molar-refractivity contribution in [3.05, 3.63) is 64.2 Å². The van der Waals surface area contributed by atoms with Crippen LogP contribution in [0.3, 0.4) is 0 Å². The van der Waals surface area contributed by atoms with Crippen molar-refractivity contribution in [1.29, 1.82) is 0 Å². The van der Waals surface area contributed by atoms with E-state index in [0.29, 0.717) is 23.6 Å². The van der Waals surface area contributed by atoms with Gasteiger partial charge in [-0.1, -0.05) is 29.3 Å². The van der Waals surface area contributed by atoms with E-state index in [1.54, 1.807) is 31.4 Å². The first-order valence-electron chi connectivity index (χ1n) is 8.43. The van der Waals surface area contributed by atoms with Crippen LogP contribution in [-0.2, 0) is 11.2 Å². The van der Waals surface area contributed by atoms with E-state index in [-0.39, 0.29) is 24.8 Å². The van der Waals surface area contributed by atoms with Crippen LogP contribution in [0.2, 0.25) is 5.02 Å². The van der Waals surface area contributed by atoms with Crippen LogP contribution in [0.5, 0.6) is 5.75 Å². The predicted molar refractivity (Wildman–Crippen MR) is 103 cm³/mol. The summed E-state index contributed by atoms with van der Waals surface area (Å²) in [5, 5.41) is 6.16. The summed E-state index contributed by atoms with van der Waals surface area (Å²) in [7, 11) is 1.64. The lowest BCUT2D eigenvalue weighted by Gasteiger charge is -2.10. The molecule has 0 unspecified atom stereocenters. The fraction of sp³-hybridized carbons (Fsp3) is 0.300. The number of amides is 2. The van der Waals surface area contributed by atoms with Crippen molar-refractivity contribution in [3.63, 3.8) is 0 Å². The molecule has 0 aliphatic carbocycles. The summed E-state index contributed by atoms with van der Waals surface area (Å²) in [6, 6.07) is 12.6. The molecule has 0 heterocycles. The normalized spacial score (nSPS) is 10.3. The summed E-state index contributed by atoms with van der Waals surface area (Å²) < 4.78 is 5.33.